The van der Waals surface area contributed by atoms with E-state index in [2.05, 4.69) is 26.3 Å². The van der Waals surface area contributed by atoms with Crippen molar-refractivity contribution in [1.82, 2.24) is 20.2 Å². The van der Waals surface area contributed by atoms with Crippen molar-refractivity contribution in [3.63, 3.8) is 0 Å². The molecule has 0 radical (unpaired) electrons. The lowest BCUT2D eigenvalue weighted by Crippen LogP contribution is -2.45. The Morgan fingerprint density at radius 3 is 2.79 bits per heavy atom. The number of nitrogens with two attached hydrogens (primary N) is 1. The van der Waals surface area contributed by atoms with Gasteiger partial charge in [-0.1, -0.05) is 12.1 Å². The highest BCUT2D eigenvalue weighted by atomic mass is 16.2. The molecule has 128 valence electrons. The number of rotatable bonds is 5. The molecule has 4 N–H and O–H groups in total. The van der Waals surface area contributed by atoms with Crippen LogP contribution in [-0.4, -0.2) is 45.9 Å². The number of nitrogens with zero attached hydrogens (tertiary/aromatic N) is 2. The van der Waals surface area contributed by atoms with Crippen molar-refractivity contribution >= 4 is 16.9 Å². The van der Waals surface area contributed by atoms with Gasteiger partial charge < -0.3 is 16.0 Å². The number of aromatic amines is 1. The van der Waals surface area contributed by atoms with Crippen LogP contribution in [0.3, 0.4) is 0 Å². The average Bonchev–Trinajstić information content (AvgIpc) is 3.21. The van der Waals surface area contributed by atoms with E-state index in [0.717, 1.165) is 68.7 Å². The van der Waals surface area contributed by atoms with Crippen molar-refractivity contribution in [2.75, 3.05) is 19.6 Å². The van der Waals surface area contributed by atoms with E-state index in [-0.39, 0.29) is 5.91 Å². The van der Waals surface area contributed by atoms with Gasteiger partial charge in [0.1, 0.15) is 5.82 Å². The zero-order valence-electron chi connectivity index (χ0n) is 13.9. The van der Waals surface area contributed by atoms with E-state index >= 15 is 0 Å². The molecule has 2 aromatic rings. The number of hydrogen-bond donors (Lipinski definition) is 3. The molecule has 2 fully saturated rings. The van der Waals surface area contributed by atoms with Gasteiger partial charge in [-0.3, -0.25) is 9.69 Å². The molecule has 1 aromatic heterocycles. The number of fused-ring (bicyclic) bond motifs is 1. The summed E-state index contributed by atoms with van der Waals surface area (Å²) in [5.41, 5.74) is 7.49. The molecule has 24 heavy (non-hydrogen) atoms. The van der Waals surface area contributed by atoms with Gasteiger partial charge in [-0.2, -0.15) is 0 Å². The zero-order valence-corrected chi connectivity index (χ0v) is 13.9. The molecular weight excluding hydrogens is 302 g/mol. The van der Waals surface area contributed by atoms with Gasteiger partial charge >= 0.3 is 0 Å². The number of nitrogens with one attached hydrogen (secondary N) is 2. The molecule has 0 spiro atoms. The molecule has 1 saturated carbocycles. The number of likely N-dealkylation sites (tertiary alicyclic amines) is 1. The van der Waals surface area contributed by atoms with Gasteiger partial charge in [0.2, 0.25) is 5.91 Å². The standard InChI is InChI=1S/C18H25N5O/c19-18(7-8-18)17(24)20-11-13-5-9-23(10-6-13)12-16-21-14-3-1-2-4-15(14)22-16/h1-4,13H,5-12,19H2,(H,20,24)(H,21,22). The molecule has 6 heteroatoms. The minimum Gasteiger partial charge on any atom is -0.354 e. The lowest BCUT2D eigenvalue weighted by atomic mass is 9.96. The summed E-state index contributed by atoms with van der Waals surface area (Å²) in [6.45, 7) is 3.71. The molecule has 1 saturated heterocycles. The normalized spacial score (nSPS) is 21.0. The van der Waals surface area contributed by atoms with Crippen molar-refractivity contribution < 1.29 is 4.79 Å². The first-order chi connectivity index (χ1) is 11.6. The quantitative estimate of drug-likeness (QED) is 0.774. The third-order valence-electron chi connectivity index (χ3n) is 5.31. The summed E-state index contributed by atoms with van der Waals surface area (Å²) >= 11 is 0. The Morgan fingerprint density at radius 1 is 1.33 bits per heavy atom. The predicted molar refractivity (Wildman–Crippen MR) is 93.3 cm³/mol. The van der Waals surface area contributed by atoms with Crippen LogP contribution in [0, 0.1) is 5.92 Å². The number of carbonyl (C=O) groups is 1. The van der Waals surface area contributed by atoms with Crippen LogP contribution < -0.4 is 11.1 Å². The van der Waals surface area contributed by atoms with Crippen molar-refractivity contribution in [2.45, 2.75) is 37.8 Å². The number of amides is 1. The molecule has 2 heterocycles. The average molecular weight is 327 g/mol. The maximum Gasteiger partial charge on any atom is 0.240 e. The molecule has 2 aliphatic rings. The lowest BCUT2D eigenvalue weighted by molar-refractivity contribution is -0.123. The summed E-state index contributed by atoms with van der Waals surface area (Å²) in [7, 11) is 0. The SMILES string of the molecule is NC1(C(=O)NCC2CCN(Cc3nc4ccccc4[nH]3)CC2)CC1. The Labute approximate surface area is 141 Å². The summed E-state index contributed by atoms with van der Waals surface area (Å²) in [5.74, 6) is 1.62. The number of benzene rings is 1. The van der Waals surface area contributed by atoms with Crippen LogP contribution in [0.5, 0.6) is 0 Å². The highest BCUT2D eigenvalue weighted by Crippen LogP contribution is 2.32. The topological polar surface area (TPSA) is 87.0 Å². The van der Waals surface area contributed by atoms with E-state index in [1.54, 1.807) is 0 Å². The third-order valence-corrected chi connectivity index (χ3v) is 5.31. The molecule has 4 rings (SSSR count). The van der Waals surface area contributed by atoms with Crippen LogP contribution in [-0.2, 0) is 11.3 Å². The second-order valence-corrected chi connectivity index (χ2v) is 7.29. The fourth-order valence-corrected chi connectivity index (χ4v) is 3.42. The molecule has 0 atom stereocenters. The van der Waals surface area contributed by atoms with Crippen molar-refractivity contribution in [3.8, 4) is 0 Å². The summed E-state index contributed by atoms with van der Waals surface area (Å²) in [4.78, 5) is 22.4. The first-order valence-corrected chi connectivity index (χ1v) is 8.86. The zero-order chi connectivity index (χ0) is 16.6. The number of para-hydroxylation sites is 2. The summed E-state index contributed by atoms with van der Waals surface area (Å²) in [6.07, 6.45) is 3.87. The highest BCUT2D eigenvalue weighted by molar-refractivity contribution is 5.88. The van der Waals surface area contributed by atoms with Gasteiger partial charge in [0.25, 0.3) is 0 Å². The molecule has 1 aliphatic heterocycles. The second kappa shape index (κ2) is 6.18. The highest BCUT2D eigenvalue weighted by Gasteiger charge is 2.45. The Hall–Kier alpha value is -1.92. The molecule has 0 unspecified atom stereocenters. The van der Waals surface area contributed by atoms with Crippen LogP contribution in [0.2, 0.25) is 0 Å². The first kappa shape index (κ1) is 15.6. The van der Waals surface area contributed by atoms with Gasteiger partial charge in [-0.15, -0.1) is 0 Å². The van der Waals surface area contributed by atoms with Gasteiger partial charge in [-0.25, -0.2) is 4.98 Å². The molecule has 1 amide bonds. The molecule has 0 bridgehead atoms. The largest absolute Gasteiger partial charge is 0.354 e. The third kappa shape index (κ3) is 3.30. The molecule has 1 aliphatic carbocycles. The number of imidazole rings is 1. The maximum atomic E-state index is 11.9. The van der Waals surface area contributed by atoms with E-state index < -0.39 is 5.54 Å². The Bertz CT molecular complexity index is 695. The molecule has 1 aromatic carbocycles. The fraction of sp³-hybridized carbons (Fsp3) is 0.556. The molecular formula is C18H25N5O. The number of aromatic nitrogens is 2. The van der Waals surface area contributed by atoms with E-state index in [9.17, 15) is 4.79 Å². The van der Waals surface area contributed by atoms with E-state index in [0.29, 0.717) is 5.92 Å². The monoisotopic (exact) mass is 327 g/mol. The molecule has 6 nitrogen and oxygen atoms in total. The van der Waals surface area contributed by atoms with E-state index in [1.165, 1.54) is 0 Å². The van der Waals surface area contributed by atoms with Crippen molar-refractivity contribution in [2.24, 2.45) is 11.7 Å². The fourth-order valence-electron chi connectivity index (χ4n) is 3.42. The number of H-pyrrole nitrogens is 1. The number of piperidine rings is 1. The number of hydrogen-bond acceptors (Lipinski definition) is 4. The van der Waals surface area contributed by atoms with Gasteiger partial charge in [0.05, 0.1) is 23.1 Å². The van der Waals surface area contributed by atoms with Gasteiger partial charge in [0, 0.05) is 6.54 Å². The van der Waals surface area contributed by atoms with Crippen LogP contribution in [0.15, 0.2) is 24.3 Å². The van der Waals surface area contributed by atoms with Crippen LogP contribution in [0.4, 0.5) is 0 Å². The second-order valence-electron chi connectivity index (χ2n) is 7.29. The Balaban J connectivity index is 1.24. The predicted octanol–water partition coefficient (Wildman–Crippen LogP) is 1.38. The maximum absolute atomic E-state index is 11.9. The minimum atomic E-state index is -0.554. The summed E-state index contributed by atoms with van der Waals surface area (Å²) < 4.78 is 0. The van der Waals surface area contributed by atoms with Crippen LogP contribution >= 0.6 is 0 Å². The lowest BCUT2D eigenvalue weighted by Gasteiger charge is -2.31. The van der Waals surface area contributed by atoms with Crippen LogP contribution in [0.25, 0.3) is 11.0 Å². The Morgan fingerprint density at radius 2 is 2.08 bits per heavy atom. The van der Waals surface area contributed by atoms with Gasteiger partial charge in [-0.05, 0) is 56.8 Å². The Kier molecular flexibility index (Phi) is 4.02. The van der Waals surface area contributed by atoms with E-state index in [1.807, 2.05) is 18.2 Å². The summed E-state index contributed by atoms with van der Waals surface area (Å²) in [6, 6.07) is 8.14. The smallest absolute Gasteiger partial charge is 0.240 e. The summed E-state index contributed by atoms with van der Waals surface area (Å²) in [5, 5.41) is 3.04. The van der Waals surface area contributed by atoms with E-state index in [4.69, 9.17) is 5.73 Å². The number of carbonyl (C=O) groups excluding carboxylic acids is 1. The van der Waals surface area contributed by atoms with Crippen molar-refractivity contribution in [1.29, 1.82) is 0 Å². The van der Waals surface area contributed by atoms with Crippen molar-refractivity contribution in [3.05, 3.63) is 30.1 Å². The first-order valence-electron chi connectivity index (χ1n) is 8.86. The van der Waals surface area contributed by atoms with Gasteiger partial charge in [0.15, 0.2) is 0 Å². The van der Waals surface area contributed by atoms with Crippen LogP contribution in [0.1, 0.15) is 31.5 Å². The minimum absolute atomic E-state index is 0.0344.